The summed E-state index contributed by atoms with van der Waals surface area (Å²) in [6.45, 7) is 0. The van der Waals surface area contributed by atoms with Gasteiger partial charge in [0.1, 0.15) is 0 Å². The van der Waals surface area contributed by atoms with Gasteiger partial charge in [-0.15, -0.1) is 24.8 Å². The molecule has 0 bridgehead atoms. The summed E-state index contributed by atoms with van der Waals surface area (Å²) in [7, 11) is -0.277. The summed E-state index contributed by atoms with van der Waals surface area (Å²) in [6.07, 6.45) is 0. The van der Waals surface area contributed by atoms with E-state index in [4.69, 9.17) is 0 Å². The number of halogens is 2. The van der Waals surface area contributed by atoms with E-state index >= 15 is 0 Å². The van der Waals surface area contributed by atoms with Crippen molar-refractivity contribution in [3.8, 4) is 0 Å². The van der Waals surface area contributed by atoms with Gasteiger partial charge in [0.05, 0.1) is 0 Å². The maximum Gasteiger partial charge on any atom is 0.373 e. The van der Waals surface area contributed by atoms with Crippen LogP contribution < -0.4 is 4.62 Å². The van der Waals surface area contributed by atoms with Crippen LogP contribution in [0.5, 0.6) is 0 Å². The lowest BCUT2D eigenvalue weighted by Gasteiger charge is -1.52. The topological polar surface area (TPSA) is 17.1 Å². The Labute approximate surface area is 71.5 Å². The Balaban J connectivity index is 0. The van der Waals surface area contributed by atoms with E-state index in [0.29, 0.717) is 0 Å². The van der Waals surface area contributed by atoms with E-state index in [1.807, 2.05) is 17.5 Å². The fourth-order valence-electron chi connectivity index (χ4n) is 0.337. The highest BCUT2D eigenvalue weighted by atomic mass is 35.5. The Morgan fingerprint density at radius 2 is 2.11 bits per heavy atom. The van der Waals surface area contributed by atoms with Gasteiger partial charge in [-0.3, -0.25) is 0 Å². The Morgan fingerprint density at radius 3 is 2.33 bits per heavy atom. The predicted molar refractivity (Wildman–Crippen MR) is 47.5 cm³/mol. The van der Waals surface area contributed by atoms with Crippen LogP contribution in [0.1, 0.15) is 0 Å². The van der Waals surface area contributed by atoms with E-state index in [1.165, 1.54) is 11.3 Å². The first kappa shape index (κ1) is 12.1. The van der Waals surface area contributed by atoms with Gasteiger partial charge in [-0.2, -0.15) is 0 Å². The third kappa shape index (κ3) is 3.88. The van der Waals surface area contributed by atoms with Gasteiger partial charge >= 0.3 is 8.46 Å². The van der Waals surface area contributed by atoms with E-state index in [-0.39, 0.29) is 33.3 Å². The molecule has 1 atom stereocenters. The van der Waals surface area contributed by atoms with Crippen LogP contribution in [-0.4, -0.2) is 0 Å². The molecule has 0 amide bonds. The molecule has 0 N–H and O–H groups in total. The van der Waals surface area contributed by atoms with Gasteiger partial charge in [0.15, 0.2) is 0 Å². The minimum atomic E-state index is -0.277. The summed E-state index contributed by atoms with van der Waals surface area (Å²) in [6, 6.07) is 3.75. The van der Waals surface area contributed by atoms with Crippen LogP contribution in [0.25, 0.3) is 0 Å². The summed E-state index contributed by atoms with van der Waals surface area (Å²) < 4.78 is 11.0. The van der Waals surface area contributed by atoms with Gasteiger partial charge in [0.25, 0.3) is 0 Å². The summed E-state index contributed by atoms with van der Waals surface area (Å²) in [5.41, 5.74) is 0. The third-order valence-corrected chi connectivity index (χ3v) is 2.28. The lowest BCUT2D eigenvalue weighted by molar-refractivity contribution is 0.603. The normalized spacial score (nSPS) is 7.56. The smallest absolute Gasteiger partial charge is 0.147 e. The molecule has 52 valence electrons. The van der Waals surface area contributed by atoms with Crippen LogP contribution in [0.2, 0.25) is 0 Å². The molecule has 1 rings (SSSR count). The predicted octanol–water partition coefficient (Wildman–Crippen LogP) is 2.24. The molecule has 0 aromatic carbocycles. The van der Waals surface area contributed by atoms with Gasteiger partial charge < -0.3 is 0 Å². The maximum absolute atomic E-state index is 10.0. The lowest BCUT2D eigenvalue weighted by Crippen LogP contribution is -1.72. The molecule has 1 aromatic rings. The van der Waals surface area contributed by atoms with Crippen LogP contribution in [0, 0.1) is 0 Å². The summed E-state index contributed by atoms with van der Waals surface area (Å²) in [5, 5.41) is 1.92. The highest BCUT2D eigenvalue weighted by Gasteiger charge is 1.95. The quantitative estimate of drug-likeness (QED) is 0.641. The average Bonchev–Trinajstić information content (AvgIpc) is 2.14. The van der Waals surface area contributed by atoms with Crippen molar-refractivity contribution in [1.82, 2.24) is 0 Å². The molecule has 5 heteroatoms. The standard InChI is InChI=1S/C4H3OPS.2ClH/c5-6-4-2-1-3-7-4;;/h1-3H;2*1H/p+1. The molecule has 1 nitrogen and oxygen atoms in total. The van der Waals surface area contributed by atoms with E-state index < -0.39 is 0 Å². The Hall–Kier alpha value is 0.380. The molecule has 0 saturated heterocycles. The first-order valence-corrected chi connectivity index (χ1v) is 3.64. The molecule has 0 saturated carbocycles. The van der Waals surface area contributed by atoms with Crippen molar-refractivity contribution in [1.29, 1.82) is 0 Å². The van der Waals surface area contributed by atoms with E-state index in [0.717, 1.165) is 4.62 Å². The molecule has 9 heavy (non-hydrogen) atoms. The average molecular weight is 204 g/mol. The lowest BCUT2D eigenvalue weighted by atomic mass is 10.7. The van der Waals surface area contributed by atoms with Gasteiger partial charge in [0, 0.05) is 6.07 Å². The molecular formula is C4H6Cl2OPS+. The monoisotopic (exact) mass is 203 g/mol. The van der Waals surface area contributed by atoms with Crippen LogP contribution in [0.15, 0.2) is 17.5 Å². The van der Waals surface area contributed by atoms with Gasteiger partial charge in [-0.1, -0.05) is 15.9 Å². The molecule has 0 spiro atoms. The molecule has 0 radical (unpaired) electrons. The number of hydrogen-bond acceptors (Lipinski definition) is 2. The fourth-order valence-corrected chi connectivity index (χ4v) is 1.36. The fraction of sp³-hybridized carbons (Fsp3) is 0. The van der Waals surface area contributed by atoms with E-state index in [9.17, 15) is 4.57 Å². The van der Waals surface area contributed by atoms with Gasteiger partial charge in [-0.25, -0.2) is 0 Å². The first-order chi connectivity index (χ1) is 3.43. The highest BCUT2D eigenvalue weighted by Crippen LogP contribution is 2.01. The van der Waals surface area contributed by atoms with Crippen molar-refractivity contribution in [2.45, 2.75) is 0 Å². The van der Waals surface area contributed by atoms with Crippen molar-refractivity contribution >= 4 is 49.2 Å². The van der Waals surface area contributed by atoms with Crippen LogP contribution in [-0.2, 0) is 4.57 Å². The molecule has 1 heterocycles. The minimum absolute atomic E-state index is 0. The van der Waals surface area contributed by atoms with Crippen molar-refractivity contribution in [3.05, 3.63) is 17.5 Å². The SMILES string of the molecule is Cl.Cl.O=[PH+]c1cccs1. The molecule has 0 aliphatic rings. The zero-order valence-corrected chi connectivity index (χ0v) is 7.81. The van der Waals surface area contributed by atoms with Crippen molar-refractivity contribution in [3.63, 3.8) is 0 Å². The Morgan fingerprint density at radius 1 is 1.44 bits per heavy atom. The molecule has 0 aliphatic heterocycles. The minimum Gasteiger partial charge on any atom is -0.147 e. The first-order valence-electron chi connectivity index (χ1n) is 1.85. The highest BCUT2D eigenvalue weighted by molar-refractivity contribution is 7.46. The van der Waals surface area contributed by atoms with Crippen LogP contribution in [0.3, 0.4) is 0 Å². The second-order valence-corrected chi connectivity index (χ2v) is 3.13. The van der Waals surface area contributed by atoms with Crippen LogP contribution >= 0.6 is 44.6 Å². The second-order valence-electron chi connectivity index (χ2n) is 1.08. The molecule has 1 aromatic heterocycles. The largest absolute Gasteiger partial charge is 0.373 e. The van der Waals surface area contributed by atoms with Gasteiger partial charge in [-0.05, 0) is 11.4 Å². The number of thiophene rings is 1. The van der Waals surface area contributed by atoms with Gasteiger partial charge in [0.2, 0.25) is 4.62 Å². The summed E-state index contributed by atoms with van der Waals surface area (Å²) >= 11 is 1.52. The Kier molecular flexibility index (Phi) is 8.73. The molecular weight excluding hydrogens is 198 g/mol. The van der Waals surface area contributed by atoms with E-state index in [2.05, 4.69) is 0 Å². The maximum atomic E-state index is 10.0. The van der Waals surface area contributed by atoms with Crippen molar-refractivity contribution in [2.75, 3.05) is 0 Å². The van der Waals surface area contributed by atoms with Crippen molar-refractivity contribution in [2.24, 2.45) is 0 Å². The molecule has 0 fully saturated rings. The number of hydrogen-bond donors (Lipinski definition) is 0. The third-order valence-electron chi connectivity index (χ3n) is 0.622. The number of rotatable bonds is 1. The Bertz CT molecular complexity index is 154. The van der Waals surface area contributed by atoms with Crippen LogP contribution in [0.4, 0.5) is 0 Å². The zero-order valence-electron chi connectivity index (χ0n) is 4.37. The van der Waals surface area contributed by atoms with E-state index in [1.54, 1.807) is 0 Å². The zero-order chi connectivity index (χ0) is 5.11. The molecule has 1 unspecified atom stereocenters. The summed E-state index contributed by atoms with van der Waals surface area (Å²) in [4.78, 5) is 0. The second kappa shape index (κ2) is 6.50. The summed E-state index contributed by atoms with van der Waals surface area (Å²) in [5.74, 6) is 0. The van der Waals surface area contributed by atoms with Crippen molar-refractivity contribution < 1.29 is 4.57 Å². The molecule has 0 aliphatic carbocycles.